The van der Waals surface area contributed by atoms with Crippen molar-refractivity contribution in [1.29, 1.82) is 0 Å². The Bertz CT molecular complexity index is 502. The molecule has 4 heteroatoms. The number of nitrogens with one attached hydrogen (secondary N) is 2. The van der Waals surface area contributed by atoms with E-state index in [1.807, 2.05) is 44.2 Å². The zero-order valence-electron chi connectivity index (χ0n) is 9.90. The first kappa shape index (κ1) is 11.4. The molecule has 0 bridgehead atoms. The van der Waals surface area contributed by atoms with Crippen molar-refractivity contribution in [3.63, 3.8) is 0 Å². The third-order valence-corrected chi connectivity index (χ3v) is 2.29. The first-order valence-electron chi connectivity index (χ1n) is 5.58. The Labute approximate surface area is 100 Å². The first-order valence-corrected chi connectivity index (χ1v) is 5.58. The molecule has 2 N–H and O–H groups in total. The number of H-pyrrole nitrogens is 1. The number of hydrogen-bond acceptors (Lipinski definition) is 2. The van der Waals surface area contributed by atoms with Gasteiger partial charge in [-0.3, -0.25) is 4.79 Å². The van der Waals surface area contributed by atoms with Gasteiger partial charge in [0.05, 0.1) is 6.20 Å². The third-order valence-electron chi connectivity index (χ3n) is 2.29. The van der Waals surface area contributed by atoms with Crippen molar-refractivity contribution >= 4 is 5.91 Å². The first-order chi connectivity index (χ1) is 8.16. The number of benzene rings is 1. The fraction of sp³-hybridized carbons (Fsp3) is 0.231. The van der Waals surface area contributed by atoms with E-state index >= 15 is 0 Å². The predicted molar refractivity (Wildman–Crippen MR) is 66.6 cm³/mol. The van der Waals surface area contributed by atoms with Gasteiger partial charge in [-0.1, -0.05) is 30.3 Å². The summed E-state index contributed by atoms with van der Waals surface area (Å²) >= 11 is 0. The fourth-order valence-corrected chi connectivity index (χ4v) is 1.52. The van der Waals surface area contributed by atoms with E-state index in [2.05, 4.69) is 15.3 Å². The van der Waals surface area contributed by atoms with Crippen molar-refractivity contribution < 1.29 is 4.79 Å². The summed E-state index contributed by atoms with van der Waals surface area (Å²) in [4.78, 5) is 18.9. The highest BCUT2D eigenvalue weighted by Gasteiger charge is 2.10. The van der Waals surface area contributed by atoms with Crippen LogP contribution in [0, 0.1) is 0 Å². The molecule has 2 rings (SSSR count). The van der Waals surface area contributed by atoms with E-state index in [0.717, 1.165) is 5.56 Å². The van der Waals surface area contributed by atoms with Crippen LogP contribution in [-0.4, -0.2) is 21.9 Å². The van der Waals surface area contributed by atoms with Crippen LogP contribution >= 0.6 is 0 Å². The van der Waals surface area contributed by atoms with Crippen molar-refractivity contribution in [2.75, 3.05) is 0 Å². The summed E-state index contributed by atoms with van der Waals surface area (Å²) in [5.41, 5.74) is 1.45. The van der Waals surface area contributed by atoms with Gasteiger partial charge in [0.1, 0.15) is 11.5 Å². The lowest BCUT2D eigenvalue weighted by Crippen LogP contribution is -2.30. The maximum Gasteiger partial charge on any atom is 0.269 e. The molecule has 0 aliphatic heterocycles. The molecule has 1 heterocycles. The minimum Gasteiger partial charge on any atom is -0.349 e. The number of carbonyl (C=O) groups is 1. The fourth-order valence-electron chi connectivity index (χ4n) is 1.52. The van der Waals surface area contributed by atoms with E-state index in [1.165, 1.54) is 0 Å². The predicted octanol–water partition coefficient (Wildman–Crippen LogP) is 2.21. The molecule has 2 aromatic rings. The van der Waals surface area contributed by atoms with Gasteiger partial charge < -0.3 is 10.3 Å². The highest BCUT2D eigenvalue weighted by molar-refractivity contribution is 5.92. The number of carbonyl (C=O) groups excluding carboxylic acids is 1. The topological polar surface area (TPSA) is 57.8 Å². The van der Waals surface area contributed by atoms with Gasteiger partial charge in [-0.25, -0.2) is 4.98 Å². The summed E-state index contributed by atoms with van der Waals surface area (Å²) in [7, 11) is 0. The Morgan fingerprint density at radius 2 is 2.00 bits per heavy atom. The van der Waals surface area contributed by atoms with Crippen LogP contribution in [0.5, 0.6) is 0 Å². The maximum atomic E-state index is 11.7. The lowest BCUT2D eigenvalue weighted by atomic mass is 10.2. The normalized spacial score (nSPS) is 10.5. The number of rotatable bonds is 3. The number of nitrogens with zero attached hydrogens (tertiary/aromatic N) is 1. The molecule has 1 aromatic carbocycles. The van der Waals surface area contributed by atoms with Crippen molar-refractivity contribution in [2.24, 2.45) is 0 Å². The van der Waals surface area contributed by atoms with E-state index < -0.39 is 0 Å². The Kier molecular flexibility index (Phi) is 3.23. The van der Waals surface area contributed by atoms with Gasteiger partial charge in [-0.05, 0) is 13.8 Å². The molecule has 0 saturated carbocycles. The molecule has 0 atom stereocenters. The lowest BCUT2D eigenvalue weighted by molar-refractivity contribution is 0.0938. The Morgan fingerprint density at radius 3 is 2.65 bits per heavy atom. The molecule has 88 valence electrons. The highest BCUT2D eigenvalue weighted by atomic mass is 16.1. The smallest absolute Gasteiger partial charge is 0.269 e. The summed E-state index contributed by atoms with van der Waals surface area (Å²) in [5.74, 6) is 0.578. The Balaban J connectivity index is 2.19. The molecular weight excluding hydrogens is 214 g/mol. The van der Waals surface area contributed by atoms with E-state index in [-0.39, 0.29) is 11.9 Å². The molecule has 1 aromatic heterocycles. The summed E-state index contributed by atoms with van der Waals surface area (Å²) in [6.45, 7) is 3.85. The molecule has 0 radical (unpaired) electrons. The molecule has 0 aliphatic rings. The summed E-state index contributed by atoms with van der Waals surface area (Å²) in [6, 6.07) is 9.83. The van der Waals surface area contributed by atoms with Crippen molar-refractivity contribution in [3.05, 3.63) is 42.2 Å². The Hall–Kier alpha value is -2.10. The number of amides is 1. The maximum absolute atomic E-state index is 11.7. The molecular formula is C13H15N3O. The number of aromatic amines is 1. The minimum absolute atomic E-state index is 0.117. The summed E-state index contributed by atoms with van der Waals surface area (Å²) in [5, 5.41) is 2.81. The van der Waals surface area contributed by atoms with Crippen molar-refractivity contribution in [3.8, 4) is 11.4 Å². The van der Waals surface area contributed by atoms with E-state index in [0.29, 0.717) is 11.5 Å². The number of aromatic nitrogens is 2. The average molecular weight is 229 g/mol. The van der Waals surface area contributed by atoms with Crippen LogP contribution in [0.25, 0.3) is 11.4 Å². The van der Waals surface area contributed by atoms with Crippen molar-refractivity contribution in [1.82, 2.24) is 15.3 Å². The van der Waals surface area contributed by atoms with Gasteiger partial charge in [-0.2, -0.15) is 0 Å². The van der Waals surface area contributed by atoms with Crippen molar-refractivity contribution in [2.45, 2.75) is 19.9 Å². The molecule has 0 fully saturated rings. The van der Waals surface area contributed by atoms with Crippen LogP contribution in [0.1, 0.15) is 24.3 Å². The molecule has 17 heavy (non-hydrogen) atoms. The lowest BCUT2D eigenvalue weighted by Gasteiger charge is -2.05. The van der Waals surface area contributed by atoms with Gasteiger partial charge in [0.2, 0.25) is 0 Å². The van der Waals surface area contributed by atoms with Gasteiger partial charge >= 0.3 is 0 Å². The quantitative estimate of drug-likeness (QED) is 0.847. The second-order valence-electron chi connectivity index (χ2n) is 4.14. The number of hydrogen-bond donors (Lipinski definition) is 2. The molecule has 4 nitrogen and oxygen atoms in total. The highest BCUT2D eigenvalue weighted by Crippen LogP contribution is 2.14. The summed E-state index contributed by atoms with van der Waals surface area (Å²) < 4.78 is 0. The van der Waals surface area contributed by atoms with E-state index in [9.17, 15) is 4.79 Å². The van der Waals surface area contributed by atoms with Crippen LogP contribution in [0.2, 0.25) is 0 Å². The van der Waals surface area contributed by atoms with E-state index in [1.54, 1.807) is 6.20 Å². The zero-order chi connectivity index (χ0) is 12.3. The summed E-state index contributed by atoms with van der Waals surface area (Å²) in [6.07, 6.45) is 1.56. The monoisotopic (exact) mass is 229 g/mol. The zero-order valence-corrected chi connectivity index (χ0v) is 9.90. The molecule has 0 spiro atoms. The van der Waals surface area contributed by atoms with Crippen LogP contribution in [0.15, 0.2) is 36.5 Å². The van der Waals surface area contributed by atoms with Crippen LogP contribution in [0.4, 0.5) is 0 Å². The van der Waals surface area contributed by atoms with Crippen LogP contribution in [-0.2, 0) is 0 Å². The number of imidazole rings is 1. The second-order valence-corrected chi connectivity index (χ2v) is 4.14. The minimum atomic E-state index is -0.130. The Morgan fingerprint density at radius 1 is 1.29 bits per heavy atom. The molecule has 0 unspecified atom stereocenters. The van der Waals surface area contributed by atoms with Gasteiger partial charge in [0.25, 0.3) is 5.91 Å². The van der Waals surface area contributed by atoms with Gasteiger partial charge in [0.15, 0.2) is 0 Å². The molecule has 0 saturated heterocycles. The van der Waals surface area contributed by atoms with Gasteiger partial charge in [0, 0.05) is 11.6 Å². The van der Waals surface area contributed by atoms with E-state index in [4.69, 9.17) is 0 Å². The largest absolute Gasteiger partial charge is 0.349 e. The van der Waals surface area contributed by atoms with Gasteiger partial charge in [-0.15, -0.1) is 0 Å². The third kappa shape index (κ3) is 2.72. The second kappa shape index (κ2) is 4.82. The average Bonchev–Trinajstić information content (AvgIpc) is 2.78. The molecule has 1 amide bonds. The van der Waals surface area contributed by atoms with Crippen LogP contribution in [0.3, 0.4) is 0 Å². The molecule has 0 aliphatic carbocycles. The SMILES string of the molecule is CC(C)NC(=O)c1cnc(-c2ccccc2)[nH]1. The van der Waals surface area contributed by atoms with Crippen LogP contribution < -0.4 is 5.32 Å². The standard InChI is InChI=1S/C13H15N3O/c1-9(2)15-13(17)11-8-14-12(16-11)10-6-4-3-5-7-10/h3-9H,1-2H3,(H,14,16)(H,15,17).